The molecule has 136 valence electrons. The van der Waals surface area contributed by atoms with Gasteiger partial charge in [0.05, 0.1) is 0 Å². The molecule has 0 bridgehead atoms. The highest BCUT2D eigenvalue weighted by molar-refractivity contribution is 7.13. The van der Waals surface area contributed by atoms with Crippen LogP contribution in [0, 0.1) is 0 Å². The van der Waals surface area contributed by atoms with E-state index in [4.69, 9.17) is 4.74 Å². The summed E-state index contributed by atoms with van der Waals surface area (Å²) in [5.74, 6) is -0.781. The Morgan fingerprint density at radius 1 is 1.31 bits per heavy atom. The van der Waals surface area contributed by atoms with Crippen molar-refractivity contribution in [1.29, 1.82) is 0 Å². The fourth-order valence-corrected chi connectivity index (χ4v) is 3.46. The molecule has 0 saturated carbocycles. The second-order valence-corrected chi connectivity index (χ2v) is 6.79. The van der Waals surface area contributed by atoms with Crippen molar-refractivity contribution in [2.24, 2.45) is 0 Å². The Balaban J connectivity index is 1.76. The minimum atomic E-state index is -0.951. The lowest BCUT2D eigenvalue weighted by molar-refractivity contribution is -0.140. The Kier molecular flexibility index (Phi) is 6.01. The summed E-state index contributed by atoms with van der Waals surface area (Å²) in [5, 5.41) is 5.26. The molecule has 1 aromatic carbocycles. The zero-order valence-corrected chi connectivity index (χ0v) is 15.2. The Morgan fingerprint density at radius 3 is 2.73 bits per heavy atom. The standard InChI is InChI=1S/C19H21N3O3S/c1-2-10-20-19-21-15(13-26-19)18(24)25-16(14-8-4-3-5-9-14)17(23)22-11-6-7-12-22/h2-5,8-9,13,16H,1,6-7,10-12H2,(H,20,21)/t16-/m0/s1. The predicted molar refractivity (Wildman–Crippen MR) is 101 cm³/mol. The molecule has 1 aromatic heterocycles. The van der Waals surface area contributed by atoms with E-state index in [9.17, 15) is 9.59 Å². The Morgan fingerprint density at radius 2 is 2.04 bits per heavy atom. The number of hydrogen-bond donors (Lipinski definition) is 1. The van der Waals surface area contributed by atoms with E-state index in [1.165, 1.54) is 11.3 Å². The molecule has 1 fully saturated rings. The number of hydrogen-bond acceptors (Lipinski definition) is 6. The van der Waals surface area contributed by atoms with Crippen LogP contribution in [0.3, 0.4) is 0 Å². The number of carbonyl (C=O) groups is 2. The van der Waals surface area contributed by atoms with Gasteiger partial charge in [-0.3, -0.25) is 4.79 Å². The number of anilines is 1. The number of nitrogens with one attached hydrogen (secondary N) is 1. The summed E-state index contributed by atoms with van der Waals surface area (Å²) in [6, 6.07) is 9.11. The first-order valence-corrected chi connectivity index (χ1v) is 9.42. The molecule has 0 unspecified atom stereocenters. The molecule has 1 saturated heterocycles. The van der Waals surface area contributed by atoms with Gasteiger partial charge >= 0.3 is 5.97 Å². The summed E-state index contributed by atoms with van der Waals surface area (Å²) in [5.41, 5.74) is 0.856. The number of carbonyl (C=O) groups excluding carboxylic acids is 2. The van der Waals surface area contributed by atoms with E-state index >= 15 is 0 Å². The summed E-state index contributed by atoms with van der Waals surface area (Å²) in [6.45, 7) is 5.59. The van der Waals surface area contributed by atoms with Crippen molar-refractivity contribution in [3.8, 4) is 0 Å². The van der Waals surface area contributed by atoms with Gasteiger partial charge in [-0.2, -0.15) is 0 Å². The minimum absolute atomic E-state index is 0.178. The summed E-state index contributed by atoms with van der Waals surface area (Å²) >= 11 is 1.31. The van der Waals surface area contributed by atoms with Crippen molar-refractivity contribution in [3.05, 3.63) is 59.6 Å². The van der Waals surface area contributed by atoms with Crippen LogP contribution in [-0.2, 0) is 9.53 Å². The van der Waals surface area contributed by atoms with E-state index in [2.05, 4.69) is 16.9 Å². The molecule has 1 atom stereocenters. The number of benzene rings is 1. The highest BCUT2D eigenvalue weighted by Gasteiger charge is 2.31. The van der Waals surface area contributed by atoms with Gasteiger partial charge < -0.3 is 15.0 Å². The van der Waals surface area contributed by atoms with Gasteiger partial charge in [-0.1, -0.05) is 36.4 Å². The van der Waals surface area contributed by atoms with Crippen LogP contribution in [0.1, 0.15) is 35.0 Å². The van der Waals surface area contributed by atoms with Crippen molar-refractivity contribution in [1.82, 2.24) is 9.88 Å². The second-order valence-electron chi connectivity index (χ2n) is 5.94. The lowest BCUT2D eigenvalue weighted by Crippen LogP contribution is -2.34. The van der Waals surface area contributed by atoms with Crippen molar-refractivity contribution in [2.45, 2.75) is 18.9 Å². The largest absolute Gasteiger partial charge is 0.443 e. The average Bonchev–Trinajstić information content (AvgIpc) is 3.36. The molecular formula is C19H21N3O3S. The maximum atomic E-state index is 12.9. The molecule has 0 aliphatic carbocycles. The van der Waals surface area contributed by atoms with E-state index in [0.29, 0.717) is 30.3 Å². The molecule has 7 heteroatoms. The van der Waals surface area contributed by atoms with Crippen molar-refractivity contribution in [2.75, 3.05) is 25.0 Å². The first-order chi connectivity index (χ1) is 12.7. The molecule has 1 aliphatic rings. The fraction of sp³-hybridized carbons (Fsp3) is 0.316. The van der Waals surface area contributed by atoms with E-state index < -0.39 is 12.1 Å². The summed E-state index contributed by atoms with van der Waals surface area (Å²) in [7, 11) is 0. The van der Waals surface area contributed by atoms with Gasteiger partial charge in [-0.15, -0.1) is 17.9 Å². The third-order valence-corrected chi connectivity index (χ3v) is 4.88. The molecule has 0 spiro atoms. The van der Waals surface area contributed by atoms with Gasteiger partial charge in [-0.05, 0) is 12.8 Å². The third-order valence-electron chi connectivity index (χ3n) is 4.08. The maximum absolute atomic E-state index is 12.9. The number of rotatable bonds is 7. The Hall–Kier alpha value is -2.67. The number of amides is 1. The molecule has 6 nitrogen and oxygen atoms in total. The average molecular weight is 371 g/mol. The maximum Gasteiger partial charge on any atom is 0.359 e. The van der Waals surface area contributed by atoms with Crippen LogP contribution in [0.5, 0.6) is 0 Å². The van der Waals surface area contributed by atoms with Crippen LogP contribution in [0.15, 0.2) is 48.4 Å². The molecule has 1 aliphatic heterocycles. The Bertz CT molecular complexity index is 769. The minimum Gasteiger partial charge on any atom is -0.443 e. The van der Waals surface area contributed by atoms with Crippen molar-refractivity contribution >= 4 is 28.3 Å². The quantitative estimate of drug-likeness (QED) is 0.597. The van der Waals surface area contributed by atoms with E-state index in [1.54, 1.807) is 28.5 Å². The monoisotopic (exact) mass is 371 g/mol. The summed E-state index contributed by atoms with van der Waals surface area (Å²) in [6.07, 6.45) is 2.71. The number of likely N-dealkylation sites (tertiary alicyclic amines) is 1. The Labute approximate surface area is 156 Å². The highest BCUT2D eigenvalue weighted by atomic mass is 32.1. The zero-order valence-electron chi connectivity index (χ0n) is 14.4. The van der Waals surface area contributed by atoms with Gasteiger partial charge in [0.25, 0.3) is 5.91 Å². The predicted octanol–water partition coefficient (Wildman–Crippen LogP) is 3.26. The van der Waals surface area contributed by atoms with Crippen LogP contribution in [0.25, 0.3) is 0 Å². The molecule has 0 radical (unpaired) electrons. The van der Waals surface area contributed by atoms with E-state index in [0.717, 1.165) is 12.8 Å². The van der Waals surface area contributed by atoms with Crippen LogP contribution in [-0.4, -0.2) is 41.4 Å². The molecule has 2 heterocycles. The normalized spacial score (nSPS) is 14.7. The fourth-order valence-electron chi connectivity index (χ4n) is 2.77. The van der Waals surface area contributed by atoms with Gasteiger partial charge in [0, 0.05) is 30.6 Å². The number of thiazole rings is 1. The van der Waals surface area contributed by atoms with E-state index in [1.807, 2.05) is 18.2 Å². The zero-order chi connectivity index (χ0) is 18.4. The van der Waals surface area contributed by atoms with Gasteiger partial charge in [0.2, 0.25) is 6.10 Å². The summed E-state index contributed by atoms with van der Waals surface area (Å²) < 4.78 is 5.58. The first kappa shape index (κ1) is 18.1. The smallest absolute Gasteiger partial charge is 0.359 e. The number of ether oxygens (including phenoxy) is 1. The van der Waals surface area contributed by atoms with Gasteiger partial charge in [0.1, 0.15) is 0 Å². The highest BCUT2D eigenvalue weighted by Crippen LogP contribution is 2.25. The number of aromatic nitrogens is 1. The topological polar surface area (TPSA) is 71.5 Å². The van der Waals surface area contributed by atoms with Gasteiger partial charge in [0.15, 0.2) is 10.8 Å². The SMILES string of the molecule is C=CCNc1nc(C(=O)O[C@H](C(=O)N2CCCC2)c2ccccc2)cs1. The molecule has 2 aromatic rings. The second kappa shape index (κ2) is 8.62. The van der Waals surface area contributed by atoms with Gasteiger partial charge in [-0.25, -0.2) is 9.78 Å². The number of nitrogens with zero attached hydrogens (tertiary/aromatic N) is 2. The van der Waals surface area contributed by atoms with E-state index in [-0.39, 0.29) is 11.6 Å². The van der Waals surface area contributed by atoms with Crippen molar-refractivity contribution < 1.29 is 14.3 Å². The molecule has 26 heavy (non-hydrogen) atoms. The lowest BCUT2D eigenvalue weighted by Gasteiger charge is -2.23. The molecule has 1 N–H and O–H groups in total. The molecule has 1 amide bonds. The molecular weight excluding hydrogens is 350 g/mol. The first-order valence-electron chi connectivity index (χ1n) is 8.54. The summed E-state index contributed by atoms with van der Waals surface area (Å²) in [4.78, 5) is 31.4. The lowest BCUT2D eigenvalue weighted by atomic mass is 10.1. The van der Waals surface area contributed by atoms with Crippen LogP contribution in [0.4, 0.5) is 5.13 Å². The number of esters is 1. The van der Waals surface area contributed by atoms with Crippen molar-refractivity contribution in [3.63, 3.8) is 0 Å². The van der Waals surface area contributed by atoms with Crippen LogP contribution in [0.2, 0.25) is 0 Å². The van der Waals surface area contributed by atoms with Crippen LogP contribution >= 0.6 is 11.3 Å². The molecule has 3 rings (SSSR count). The third kappa shape index (κ3) is 4.29. The van der Waals surface area contributed by atoms with Crippen LogP contribution < -0.4 is 5.32 Å².